The van der Waals surface area contributed by atoms with Crippen LogP contribution >= 0.6 is 0 Å². The number of hydrogen-bond donors (Lipinski definition) is 1. The summed E-state index contributed by atoms with van der Waals surface area (Å²) in [6.07, 6.45) is 0. The number of carbonyl (C=O) groups excluding carboxylic acids is 1. The molecule has 1 aromatic carbocycles. The first-order valence-corrected chi connectivity index (χ1v) is 7.35. The van der Waals surface area contributed by atoms with Crippen molar-refractivity contribution in [3.63, 3.8) is 0 Å². The van der Waals surface area contributed by atoms with Crippen LogP contribution in [0.1, 0.15) is 15.9 Å². The number of methoxy groups -OCH3 is 1. The van der Waals surface area contributed by atoms with Gasteiger partial charge in [0.1, 0.15) is 11.4 Å². The molecule has 0 unspecified atom stereocenters. The topological polar surface area (TPSA) is 91.7 Å². The second-order valence-corrected chi connectivity index (χ2v) is 5.90. The summed E-state index contributed by atoms with van der Waals surface area (Å²) < 4.78 is 4.92. The summed E-state index contributed by atoms with van der Waals surface area (Å²) in [4.78, 5) is 29.9. The number of anilines is 2. The maximum Gasteiger partial charge on any atom is 0.341 e. The number of non-ortho nitro benzene ring substituents is 1. The van der Waals surface area contributed by atoms with E-state index in [0.717, 1.165) is 16.9 Å². The van der Waals surface area contributed by atoms with Crippen LogP contribution in [0.25, 0.3) is 11.3 Å². The van der Waals surface area contributed by atoms with Gasteiger partial charge in [-0.1, -0.05) is 0 Å². The molecule has 24 heavy (non-hydrogen) atoms. The molecule has 0 saturated heterocycles. The summed E-state index contributed by atoms with van der Waals surface area (Å²) in [5.41, 5.74) is 3.54. The Morgan fingerprint density at radius 2 is 2.12 bits per heavy atom. The van der Waals surface area contributed by atoms with Gasteiger partial charge in [0.25, 0.3) is 5.69 Å². The van der Waals surface area contributed by atoms with Crippen molar-refractivity contribution in [2.75, 3.05) is 38.1 Å². The monoisotopic (exact) mass is 330 g/mol. The number of fused-ring (bicyclic) bond motifs is 3. The number of hydrogen-bond acceptors (Lipinski definition) is 6. The number of nitrogens with zero attached hydrogens (tertiary/aromatic N) is 3. The fourth-order valence-corrected chi connectivity index (χ4v) is 3.06. The third-order valence-electron chi connectivity index (χ3n) is 4.19. The molecule has 0 fully saturated rings. The number of rotatable bonds is 3. The number of benzene rings is 1. The summed E-state index contributed by atoms with van der Waals surface area (Å²) in [7, 11) is 6.87. The van der Waals surface area contributed by atoms with Crippen molar-refractivity contribution in [2.24, 2.45) is 0 Å². The first kappa shape index (κ1) is 15.9. The second kappa shape index (κ2) is 5.55. The lowest BCUT2D eigenvalue weighted by atomic mass is 9.97. The number of aromatic nitrogens is 1. The molecule has 3 rings (SSSR count). The lowest BCUT2D eigenvalue weighted by Crippen LogP contribution is -2.23. The third-order valence-corrected chi connectivity index (χ3v) is 4.19. The van der Waals surface area contributed by atoms with Crippen molar-refractivity contribution in [1.82, 2.24) is 4.98 Å². The molecule has 8 heteroatoms. The number of ether oxygens (including phenoxy) is 1. The molecule has 1 aromatic heterocycles. The predicted octanol–water partition coefficient (Wildman–Crippen LogP) is 2.39. The van der Waals surface area contributed by atoms with E-state index in [-0.39, 0.29) is 5.69 Å². The van der Waals surface area contributed by atoms with Gasteiger partial charge in [-0.05, 0) is 6.07 Å². The van der Waals surface area contributed by atoms with Gasteiger partial charge in [-0.2, -0.15) is 0 Å². The fourth-order valence-electron chi connectivity index (χ4n) is 3.06. The van der Waals surface area contributed by atoms with Crippen LogP contribution in [-0.2, 0) is 11.3 Å². The molecule has 2 aromatic rings. The van der Waals surface area contributed by atoms with E-state index in [1.165, 1.54) is 19.2 Å². The summed E-state index contributed by atoms with van der Waals surface area (Å²) in [5, 5.41) is 11.1. The Kier molecular flexibility index (Phi) is 3.67. The van der Waals surface area contributed by atoms with Crippen LogP contribution in [0.2, 0.25) is 0 Å². The van der Waals surface area contributed by atoms with Crippen molar-refractivity contribution in [1.29, 1.82) is 0 Å². The lowest BCUT2D eigenvalue weighted by molar-refractivity contribution is -0.384. The Morgan fingerprint density at radius 3 is 2.71 bits per heavy atom. The summed E-state index contributed by atoms with van der Waals surface area (Å²) in [6, 6.07) is 4.74. The molecular formula is C16H18N4O4. The molecule has 1 N–H and O–H groups in total. The summed E-state index contributed by atoms with van der Waals surface area (Å²) in [6.45, 7) is 0.509. The zero-order valence-electron chi connectivity index (χ0n) is 13.9. The van der Waals surface area contributed by atoms with Crippen molar-refractivity contribution in [3.8, 4) is 11.3 Å². The highest BCUT2D eigenvalue weighted by atomic mass is 16.6. The van der Waals surface area contributed by atoms with E-state index < -0.39 is 10.9 Å². The van der Waals surface area contributed by atoms with E-state index in [4.69, 9.17) is 4.74 Å². The predicted molar refractivity (Wildman–Crippen MR) is 90.7 cm³/mol. The SMILES string of the molecule is COC(=O)c1c(N(C)C)[nH]c2c1CN(C)c1ccc([N+](=O)[O-])cc1-2. The summed E-state index contributed by atoms with van der Waals surface area (Å²) in [5.74, 6) is 0.193. The standard InChI is InChI=1S/C16H18N4O4/c1-18(2)15-13(16(21)24-4)11-8-19(3)12-6-5-9(20(22)23)7-10(12)14(11)17-15/h5-7,17H,8H2,1-4H3. The number of H-pyrrole nitrogens is 1. The van der Waals surface area contributed by atoms with E-state index in [9.17, 15) is 14.9 Å². The zero-order valence-corrected chi connectivity index (χ0v) is 13.9. The van der Waals surface area contributed by atoms with Crippen LogP contribution in [0.4, 0.5) is 17.2 Å². The average Bonchev–Trinajstić information content (AvgIpc) is 2.93. The highest BCUT2D eigenvalue weighted by Gasteiger charge is 2.31. The van der Waals surface area contributed by atoms with Gasteiger partial charge in [0, 0.05) is 56.6 Å². The Morgan fingerprint density at radius 1 is 1.42 bits per heavy atom. The quantitative estimate of drug-likeness (QED) is 0.528. The van der Waals surface area contributed by atoms with Gasteiger partial charge >= 0.3 is 5.97 Å². The van der Waals surface area contributed by atoms with E-state index in [0.29, 0.717) is 23.5 Å². The number of nitrogens with one attached hydrogen (secondary N) is 1. The van der Waals surface area contributed by atoms with E-state index in [2.05, 4.69) is 4.98 Å². The van der Waals surface area contributed by atoms with Gasteiger partial charge in [0.2, 0.25) is 0 Å². The molecule has 0 atom stereocenters. The number of esters is 1. The Hall–Kier alpha value is -3.03. The smallest absolute Gasteiger partial charge is 0.341 e. The van der Waals surface area contributed by atoms with Crippen LogP contribution in [0.5, 0.6) is 0 Å². The number of nitro groups is 1. The maximum absolute atomic E-state index is 12.3. The van der Waals surface area contributed by atoms with Gasteiger partial charge < -0.3 is 19.5 Å². The molecule has 1 aliphatic heterocycles. The van der Waals surface area contributed by atoms with Gasteiger partial charge in [0.05, 0.1) is 17.7 Å². The van der Waals surface area contributed by atoms with Crippen LogP contribution in [0, 0.1) is 10.1 Å². The first-order valence-electron chi connectivity index (χ1n) is 7.35. The molecule has 1 aliphatic rings. The minimum atomic E-state index is -0.432. The number of carbonyl (C=O) groups is 1. The van der Waals surface area contributed by atoms with Crippen LogP contribution in [-0.4, -0.2) is 44.1 Å². The maximum atomic E-state index is 12.3. The zero-order chi connectivity index (χ0) is 17.6. The molecule has 0 aliphatic carbocycles. The molecule has 0 amide bonds. The lowest BCUT2D eigenvalue weighted by Gasteiger charge is -2.27. The summed E-state index contributed by atoms with van der Waals surface area (Å²) >= 11 is 0. The Labute approximate surface area is 138 Å². The van der Waals surface area contributed by atoms with E-state index >= 15 is 0 Å². The average molecular weight is 330 g/mol. The van der Waals surface area contributed by atoms with Crippen molar-refractivity contribution in [2.45, 2.75) is 6.54 Å². The van der Waals surface area contributed by atoms with Crippen LogP contribution in [0.3, 0.4) is 0 Å². The number of nitro benzene ring substituents is 1. The minimum absolute atomic E-state index is 0.00983. The second-order valence-electron chi connectivity index (χ2n) is 5.90. The highest BCUT2D eigenvalue weighted by Crippen LogP contribution is 2.43. The molecular weight excluding hydrogens is 312 g/mol. The van der Waals surface area contributed by atoms with E-state index in [1.54, 1.807) is 11.0 Å². The van der Waals surface area contributed by atoms with Gasteiger partial charge in [-0.25, -0.2) is 4.79 Å². The molecule has 0 radical (unpaired) electrons. The highest BCUT2D eigenvalue weighted by molar-refractivity contribution is 6.01. The van der Waals surface area contributed by atoms with Gasteiger partial charge in [-0.3, -0.25) is 10.1 Å². The van der Waals surface area contributed by atoms with Crippen molar-refractivity contribution >= 4 is 23.2 Å². The molecule has 0 bridgehead atoms. The minimum Gasteiger partial charge on any atom is -0.465 e. The van der Waals surface area contributed by atoms with Crippen LogP contribution in [0.15, 0.2) is 18.2 Å². The first-order chi connectivity index (χ1) is 11.3. The van der Waals surface area contributed by atoms with Gasteiger partial charge in [0.15, 0.2) is 0 Å². The third kappa shape index (κ3) is 2.27. The normalized spacial score (nSPS) is 12.4. The Balaban J connectivity index is 2.29. The Bertz CT molecular complexity index is 841. The van der Waals surface area contributed by atoms with Crippen LogP contribution < -0.4 is 9.80 Å². The molecule has 0 spiro atoms. The fraction of sp³-hybridized carbons (Fsp3) is 0.312. The molecule has 126 valence electrons. The van der Waals surface area contributed by atoms with Gasteiger partial charge in [-0.15, -0.1) is 0 Å². The molecule has 0 saturated carbocycles. The number of aromatic amines is 1. The molecule has 8 nitrogen and oxygen atoms in total. The van der Waals surface area contributed by atoms with Crippen molar-refractivity contribution < 1.29 is 14.5 Å². The van der Waals surface area contributed by atoms with E-state index in [1.807, 2.05) is 26.0 Å². The molecule has 2 heterocycles. The largest absolute Gasteiger partial charge is 0.465 e. The van der Waals surface area contributed by atoms with Crippen molar-refractivity contribution in [3.05, 3.63) is 39.4 Å².